The zero-order chi connectivity index (χ0) is 14.3. The maximum absolute atomic E-state index is 5.51. The Balaban J connectivity index is 1.63. The van der Waals surface area contributed by atoms with Crippen LogP contribution in [0.2, 0.25) is 0 Å². The summed E-state index contributed by atoms with van der Waals surface area (Å²) in [6.07, 6.45) is 5.41. The van der Waals surface area contributed by atoms with Crippen molar-refractivity contribution in [3.8, 4) is 12.3 Å². The molecule has 0 amide bonds. The fourth-order valence-corrected chi connectivity index (χ4v) is 1.44. The molecule has 20 heavy (non-hydrogen) atoms. The Bertz CT molecular complexity index is 252. The first-order chi connectivity index (χ1) is 9.93. The molecular formula is C14H25NO5. The Morgan fingerprint density at radius 3 is 1.75 bits per heavy atom. The smallest absolute Gasteiger partial charge is 0.107 e. The predicted molar refractivity (Wildman–Crippen MR) is 74.7 cm³/mol. The van der Waals surface area contributed by atoms with Gasteiger partial charge in [0.05, 0.1) is 59.0 Å². The average Bonchev–Trinajstić information content (AvgIpc) is 2.41. The summed E-state index contributed by atoms with van der Waals surface area (Å²) in [4.78, 5) is 0. The largest absolute Gasteiger partial charge is 0.377 e. The zero-order valence-electron chi connectivity index (χ0n) is 12.0. The molecule has 0 unspecified atom stereocenters. The standard InChI is InChI=1S/C14H25NO5/c1-2-3-16-4-5-17-6-7-18-8-9-19-10-11-20-14-12-15-13-14/h1,14-15H,3-13H2. The number of terminal acetylenes is 1. The first kappa shape index (κ1) is 17.4. The molecule has 0 saturated carbocycles. The van der Waals surface area contributed by atoms with E-state index in [0.717, 1.165) is 13.1 Å². The molecule has 0 radical (unpaired) electrons. The van der Waals surface area contributed by atoms with Gasteiger partial charge in [-0.25, -0.2) is 0 Å². The minimum atomic E-state index is 0.332. The van der Waals surface area contributed by atoms with Gasteiger partial charge in [0.25, 0.3) is 0 Å². The number of rotatable bonds is 14. The summed E-state index contributed by atoms with van der Waals surface area (Å²) < 4.78 is 26.6. The SMILES string of the molecule is C#CCOCCOCCOCCOCCOC1CNC1. The van der Waals surface area contributed by atoms with Crippen LogP contribution in [0.1, 0.15) is 0 Å². The van der Waals surface area contributed by atoms with Crippen LogP contribution < -0.4 is 5.32 Å². The lowest BCUT2D eigenvalue weighted by molar-refractivity contribution is -0.0327. The van der Waals surface area contributed by atoms with Crippen LogP contribution in [-0.4, -0.2) is 78.7 Å². The second kappa shape index (κ2) is 13.3. The number of hydrogen-bond acceptors (Lipinski definition) is 6. The van der Waals surface area contributed by atoms with Crippen LogP contribution in [-0.2, 0) is 23.7 Å². The molecular weight excluding hydrogens is 262 g/mol. The summed E-state index contributed by atoms with van der Waals surface area (Å²) in [5, 5.41) is 3.15. The van der Waals surface area contributed by atoms with Crippen molar-refractivity contribution in [3.05, 3.63) is 0 Å². The van der Waals surface area contributed by atoms with Crippen LogP contribution in [0.3, 0.4) is 0 Å². The van der Waals surface area contributed by atoms with E-state index in [1.54, 1.807) is 0 Å². The second-order valence-electron chi connectivity index (χ2n) is 4.24. The van der Waals surface area contributed by atoms with E-state index in [1.165, 1.54) is 0 Å². The average molecular weight is 287 g/mol. The van der Waals surface area contributed by atoms with Crippen LogP contribution in [0, 0.1) is 12.3 Å². The van der Waals surface area contributed by atoms with Gasteiger partial charge in [-0.05, 0) is 0 Å². The lowest BCUT2D eigenvalue weighted by atomic mass is 10.2. The number of hydrogen-bond donors (Lipinski definition) is 1. The molecule has 0 aromatic heterocycles. The summed E-state index contributed by atoms with van der Waals surface area (Å²) in [5.74, 6) is 2.39. The molecule has 0 aliphatic carbocycles. The molecule has 1 rings (SSSR count). The third-order valence-electron chi connectivity index (χ3n) is 2.63. The molecule has 0 atom stereocenters. The third kappa shape index (κ3) is 10.1. The van der Waals surface area contributed by atoms with E-state index in [0.29, 0.717) is 65.6 Å². The van der Waals surface area contributed by atoms with Crippen molar-refractivity contribution >= 4 is 0 Å². The minimum absolute atomic E-state index is 0.332. The van der Waals surface area contributed by atoms with Gasteiger partial charge in [-0.15, -0.1) is 6.42 Å². The molecule has 1 fully saturated rings. The quantitative estimate of drug-likeness (QED) is 0.349. The van der Waals surface area contributed by atoms with Crippen LogP contribution in [0.5, 0.6) is 0 Å². The van der Waals surface area contributed by atoms with E-state index in [1.807, 2.05) is 0 Å². The summed E-state index contributed by atoms with van der Waals surface area (Å²) in [6.45, 7) is 6.82. The maximum Gasteiger partial charge on any atom is 0.107 e. The molecule has 0 aromatic rings. The molecule has 1 aliphatic rings. The Kier molecular flexibility index (Phi) is 11.6. The molecule has 116 valence electrons. The van der Waals surface area contributed by atoms with E-state index in [4.69, 9.17) is 30.1 Å². The summed E-state index contributed by atoms with van der Waals surface area (Å²) in [7, 11) is 0. The molecule has 1 N–H and O–H groups in total. The summed E-state index contributed by atoms with van der Waals surface area (Å²) in [6, 6.07) is 0. The second-order valence-corrected chi connectivity index (χ2v) is 4.24. The molecule has 0 aromatic carbocycles. The van der Waals surface area contributed by atoms with Crippen molar-refractivity contribution in [2.45, 2.75) is 6.10 Å². The number of ether oxygens (including phenoxy) is 5. The first-order valence-electron chi connectivity index (χ1n) is 7.00. The Morgan fingerprint density at radius 2 is 1.30 bits per heavy atom. The topological polar surface area (TPSA) is 58.2 Å². The highest BCUT2D eigenvalue weighted by atomic mass is 16.6. The first-order valence-corrected chi connectivity index (χ1v) is 7.00. The molecule has 1 aliphatic heterocycles. The van der Waals surface area contributed by atoms with Gasteiger partial charge in [0.1, 0.15) is 6.61 Å². The summed E-state index contributed by atoms with van der Waals surface area (Å²) in [5.41, 5.74) is 0. The molecule has 6 heteroatoms. The Labute approximate surface area is 121 Å². The van der Waals surface area contributed by atoms with Crippen LogP contribution >= 0.6 is 0 Å². The lowest BCUT2D eigenvalue weighted by Crippen LogP contribution is -2.48. The molecule has 6 nitrogen and oxygen atoms in total. The van der Waals surface area contributed by atoms with Gasteiger partial charge < -0.3 is 29.0 Å². The highest BCUT2D eigenvalue weighted by molar-refractivity contribution is 4.82. The molecule has 1 saturated heterocycles. The van der Waals surface area contributed by atoms with E-state index in [2.05, 4.69) is 11.2 Å². The Hall–Kier alpha value is -0.680. The van der Waals surface area contributed by atoms with Gasteiger partial charge in [0.15, 0.2) is 0 Å². The van der Waals surface area contributed by atoms with E-state index in [-0.39, 0.29) is 0 Å². The monoisotopic (exact) mass is 287 g/mol. The van der Waals surface area contributed by atoms with Gasteiger partial charge in [0, 0.05) is 13.1 Å². The van der Waals surface area contributed by atoms with E-state index in [9.17, 15) is 0 Å². The summed E-state index contributed by atoms with van der Waals surface area (Å²) >= 11 is 0. The molecule has 0 bridgehead atoms. The normalized spacial score (nSPS) is 14.9. The lowest BCUT2D eigenvalue weighted by Gasteiger charge is -2.26. The predicted octanol–water partition coefficient (Wildman–Crippen LogP) is -0.326. The maximum atomic E-state index is 5.51. The third-order valence-corrected chi connectivity index (χ3v) is 2.63. The van der Waals surface area contributed by atoms with Crippen molar-refractivity contribution in [2.24, 2.45) is 0 Å². The van der Waals surface area contributed by atoms with Crippen LogP contribution in [0.15, 0.2) is 0 Å². The van der Waals surface area contributed by atoms with Gasteiger partial charge in [-0.2, -0.15) is 0 Å². The molecule has 1 heterocycles. The van der Waals surface area contributed by atoms with E-state index >= 15 is 0 Å². The van der Waals surface area contributed by atoms with Crippen molar-refractivity contribution in [1.82, 2.24) is 5.32 Å². The van der Waals surface area contributed by atoms with Crippen LogP contribution in [0.4, 0.5) is 0 Å². The van der Waals surface area contributed by atoms with Gasteiger partial charge in [-0.3, -0.25) is 0 Å². The van der Waals surface area contributed by atoms with Crippen molar-refractivity contribution in [1.29, 1.82) is 0 Å². The molecule has 0 spiro atoms. The van der Waals surface area contributed by atoms with Crippen molar-refractivity contribution in [3.63, 3.8) is 0 Å². The highest BCUT2D eigenvalue weighted by Gasteiger charge is 2.16. The highest BCUT2D eigenvalue weighted by Crippen LogP contribution is 1.96. The fourth-order valence-electron chi connectivity index (χ4n) is 1.44. The van der Waals surface area contributed by atoms with Gasteiger partial charge in [-0.1, -0.05) is 5.92 Å². The Morgan fingerprint density at radius 1 is 0.800 bits per heavy atom. The van der Waals surface area contributed by atoms with Crippen LogP contribution in [0.25, 0.3) is 0 Å². The fraction of sp³-hybridized carbons (Fsp3) is 0.857. The van der Waals surface area contributed by atoms with E-state index < -0.39 is 0 Å². The van der Waals surface area contributed by atoms with Gasteiger partial charge in [0.2, 0.25) is 0 Å². The zero-order valence-corrected chi connectivity index (χ0v) is 12.0. The van der Waals surface area contributed by atoms with Crippen molar-refractivity contribution in [2.75, 3.05) is 72.6 Å². The van der Waals surface area contributed by atoms with Crippen molar-refractivity contribution < 1.29 is 23.7 Å². The van der Waals surface area contributed by atoms with Gasteiger partial charge >= 0.3 is 0 Å². The minimum Gasteiger partial charge on any atom is -0.377 e. The number of nitrogens with one attached hydrogen (secondary N) is 1.